The standard InChI is InChI=1S/C20H19BrF3NO/c21-18-14-9-17(26-16-8-4-7-15(10-16)20(22,23)24)19(18)25(12-14)11-13-5-2-1-3-6-13/h1-8,10,14,17-19H,9,11-12H2/t14-,17+,18+,19+/m0/s1. The van der Waals surface area contributed by atoms with Gasteiger partial charge in [-0.2, -0.15) is 13.2 Å². The van der Waals surface area contributed by atoms with E-state index in [0.29, 0.717) is 10.7 Å². The van der Waals surface area contributed by atoms with Crippen molar-refractivity contribution in [3.05, 3.63) is 65.7 Å². The molecule has 2 aliphatic rings. The zero-order valence-corrected chi connectivity index (χ0v) is 15.6. The van der Waals surface area contributed by atoms with Crippen molar-refractivity contribution in [3.8, 4) is 5.75 Å². The normalized spacial score (nSPS) is 28.5. The molecule has 0 aromatic heterocycles. The lowest BCUT2D eigenvalue weighted by Gasteiger charge is -2.33. The van der Waals surface area contributed by atoms with E-state index in [2.05, 4.69) is 33.0 Å². The minimum atomic E-state index is -4.36. The van der Waals surface area contributed by atoms with Crippen molar-refractivity contribution in [2.75, 3.05) is 6.54 Å². The highest BCUT2D eigenvalue weighted by Crippen LogP contribution is 2.45. The van der Waals surface area contributed by atoms with Crippen LogP contribution in [0.1, 0.15) is 17.5 Å². The Morgan fingerprint density at radius 1 is 1.08 bits per heavy atom. The minimum absolute atomic E-state index is 0.106. The van der Waals surface area contributed by atoms with Gasteiger partial charge in [0.15, 0.2) is 0 Å². The number of hydrogen-bond acceptors (Lipinski definition) is 2. The third-order valence-corrected chi connectivity index (χ3v) is 6.55. The summed E-state index contributed by atoms with van der Waals surface area (Å²) in [5, 5.41) is 0. The Balaban J connectivity index is 1.49. The molecule has 6 heteroatoms. The van der Waals surface area contributed by atoms with Gasteiger partial charge in [0, 0.05) is 17.9 Å². The van der Waals surface area contributed by atoms with Crippen molar-refractivity contribution in [2.24, 2.45) is 5.92 Å². The Morgan fingerprint density at radius 3 is 2.54 bits per heavy atom. The highest BCUT2D eigenvalue weighted by molar-refractivity contribution is 9.09. The Hall–Kier alpha value is -1.53. The van der Waals surface area contributed by atoms with E-state index in [1.165, 1.54) is 11.6 Å². The summed E-state index contributed by atoms with van der Waals surface area (Å²) in [5.74, 6) is 0.747. The maximum absolute atomic E-state index is 12.9. The number of piperidine rings is 1. The smallest absolute Gasteiger partial charge is 0.416 e. The summed E-state index contributed by atoms with van der Waals surface area (Å²) >= 11 is 3.78. The van der Waals surface area contributed by atoms with Gasteiger partial charge in [0.05, 0.1) is 11.6 Å². The number of hydrogen-bond donors (Lipinski definition) is 0. The second-order valence-electron chi connectivity index (χ2n) is 7.03. The van der Waals surface area contributed by atoms with Crippen molar-refractivity contribution in [2.45, 2.75) is 36.1 Å². The lowest BCUT2D eigenvalue weighted by Crippen LogP contribution is -2.44. The zero-order valence-electron chi connectivity index (χ0n) is 14.0. The Morgan fingerprint density at radius 2 is 1.85 bits per heavy atom. The Labute approximate surface area is 159 Å². The summed E-state index contributed by atoms with van der Waals surface area (Å²) in [7, 11) is 0. The van der Waals surface area contributed by atoms with Gasteiger partial charge in [0.2, 0.25) is 0 Å². The number of likely N-dealkylation sites (tertiary alicyclic amines) is 1. The fourth-order valence-electron chi connectivity index (χ4n) is 4.11. The molecule has 2 aromatic carbocycles. The molecule has 1 aliphatic carbocycles. The second-order valence-corrected chi connectivity index (χ2v) is 8.09. The molecule has 1 saturated heterocycles. The molecule has 0 radical (unpaired) electrons. The van der Waals surface area contributed by atoms with Crippen molar-refractivity contribution in [1.29, 1.82) is 0 Å². The van der Waals surface area contributed by atoms with Crippen LogP contribution in [-0.2, 0) is 12.7 Å². The molecular formula is C20H19BrF3NO. The number of halogens is 4. The largest absolute Gasteiger partial charge is 0.489 e. The summed E-state index contributed by atoms with van der Waals surface area (Å²) in [6.45, 7) is 1.81. The third kappa shape index (κ3) is 3.49. The van der Waals surface area contributed by atoms with E-state index in [0.717, 1.165) is 31.6 Å². The van der Waals surface area contributed by atoms with Gasteiger partial charge in [0.1, 0.15) is 11.9 Å². The van der Waals surface area contributed by atoms with E-state index >= 15 is 0 Å². The van der Waals surface area contributed by atoms with Gasteiger partial charge in [-0.25, -0.2) is 0 Å². The van der Waals surface area contributed by atoms with E-state index in [4.69, 9.17) is 4.74 Å². The molecule has 0 amide bonds. The second kappa shape index (κ2) is 6.89. The predicted molar refractivity (Wildman–Crippen MR) is 97.3 cm³/mol. The van der Waals surface area contributed by atoms with Crippen LogP contribution in [0.3, 0.4) is 0 Å². The first-order chi connectivity index (χ1) is 12.4. The quantitative estimate of drug-likeness (QED) is 0.630. The first kappa shape index (κ1) is 17.9. The fraction of sp³-hybridized carbons (Fsp3) is 0.400. The number of rotatable bonds is 4. The van der Waals surface area contributed by atoms with Crippen LogP contribution >= 0.6 is 15.9 Å². The molecule has 2 bridgehead atoms. The minimum Gasteiger partial charge on any atom is -0.489 e. The molecule has 1 aliphatic heterocycles. The molecule has 2 nitrogen and oxygen atoms in total. The molecule has 4 atom stereocenters. The molecule has 2 fully saturated rings. The predicted octanol–water partition coefficient (Wildman–Crippen LogP) is 5.12. The fourth-order valence-corrected chi connectivity index (χ4v) is 5.17. The summed E-state index contributed by atoms with van der Waals surface area (Å²) in [5.41, 5.74) is 0.562. The van der Waals surface area contributed by atoms with Crippen molar-refractivity contribution < 1.29 is 17.9 Å². The summed E-state index contributed by atoms with van der Waals surface area (Å²) in [6, 6.07) is 15.6. The van der Waals surface area contributed by atoms with E-state index in [9.17, 15) is 13.2 Å². The number of benzene rings is 2. The number of nitrogens with zero attached hydrogens (tertiary/aromatic N) is 1. The van der Waals surface area contributed by atoms with Crippen molar-refractivity contribution >= 4 is 15.9 Å². The van der Waals surface area contributed by atoms with Crippen LogP contribution in [0.4, 0.5) is 13.2 Å². The average molecular weight is 426 g/mol. The maximum Gasteiger partial charge on any atom is 0.416 e. The lowest BCUT2D eigenvalue weighted by atomic mass is 10.1. The molecule has 2 aromatic rings. The van der Waals surface area contributed by atoms with Crippen LogP contribution in [-0.4, -0.2) is 28.4 Å². The molecule has 0 spiro atoms. The van der Waals surface area contributed by atoms with Crippen LogP contribution in [0.15, 0.2) is 54.6 Å². The van der Waals surface area contributed by atoms with Crippen LogP contribution in [0.25, 0.3) is 0 Å². The lowest BCUT2D eigenvalue weighted by molar-refractivity contribution is -0.137. The molecule has 0 unspecified atom stereocenters. The molecule has 1 heterocycles. The number of ether oxygens (including phenoxy) is 1. The molecule has 26 heavy (non-hydrogen) atoms. The summed E-state index contributed by atoms with van der Waals surface area (Å²) in [4.78, 5) is 2.68. The van der Waals surface area contributed by atoms with E-state index < -0.39 is 11.7 Å². The molecule has 138 valence electrons. The van der Waals surface area contributed by atoms with E-state index in [-0.39, 0.29) is 17.9 Å². The summed E-state index contributed by atoms with van der Waals surface area (Å²) < 4.78 is 44.8. The van der Waals surface area contributed by atoms with E-state index in [1.807, 2.05) is 18.2 Å². The zero-order chi connectivity index (χ0) is 18.3. The topological polar surface area (TPSA) is 12.5 Å². The SMILES string of the molecule is FC(F)(F)c1cccc(O[C@@H]2C[C@H]3CN(Cc4ccccc4)[C@H]2[C@@H]3Br)c1. The first-order valence-corrected chi connectivity index (χ1v) is 9.59. The van der Waals surface area contributed by atoms with E-state index in [1.54, 1.807) is 6.07 Å². The van der Waals surface area contributed by atoms with Gasteiger partial charge >= 0.3 is 6.18 Å². The van der Waals surface area contributed by atoms with Crippen molar-refractivity contribution in [3.63, 3.8) is 0 Å². The van der Waals surface area contributed by atoms with Gasteiger partial charge in [-0.05, 0) is 36.1 Å². The average Bonchev–Trinajstić information content (AvgIpc) is 3.06. The van der Waals surface area contributed by atoms with Gasteiger partial charge < -0.3 is 4.74 Å². The van der Waals surface area contributed by atoms with Crippen LogP contribution in [0, 0.1) is 5.92 Å². The molecule has 1 saturated carbocycles. The first-order valence-electron chi connectivity index (χ1n) is 8.68. The number of fused-ring (bicyclic) bond motifs is 2. The van der Waals surface area contributed by atoms with Crippen LogP contribution in [0.2, 0.25) is 0 Å². The monoisotopic (exact) mass is 425 g/mol. The molecular weight excluding hydrogens is 407 g/mol. The van der Waals surface area contributed by atoms with Gasteiger partial charge in [0.25, 0.3) is 0 Å². The highest BCUT2D eigenvalue weighted by atomic mass is 79.9. The number of alkyl halides is 4. The highest BCUT2D eigenvalue weighted by Gasteiger charge is 2.52. The third-order valence-electron chi connectivity index (χ3n) is 5.26. The summed E-state index contributed by atoms with van der Waals surface area (Å²) in [6.07, 6.45) is -3.60. The van der Waals surface area contributed by atoms with Gasteiger partial charge in [-0.3, -0.25) is 4.90 Å². The van der Waals surface area contributed by atoms with Gasteiger partial charge in [-0.1, -0.05) is 52.3 Å². The van der Waals surface area contributed by atoms with Crippen molar-refractivity contribution in [1.82, 2.24) is 4.90 Å². The maximum atomic E-state index is 12.9. The Kier molecular flexibility index (Phi) is 4.73. The van der Waals surface area contributed by atoms with Gasteiger partial charge in [-0.15, -0.1) is 0 Å². The molecule has 0 N–H and O–H groups in total. The molecule has 4 rings (SSSR count). The van der Waals surface area contributed by atoms with Crippen LogP contribution in [0.5, 0.6) is 5.75 Å². The van der Waals surface area contributed by atoms with Crippen LogP contribution < -0.4 is 4.74 Å². The Bertz CT molecular complexity index is 767.